The first-order valence-electron chi connectivity index (χ1n) is 6.48. The molecule has 2 aliphatic rings. The smallest absolute Gasteiger partial charge is 0.335 e. The second-order valence-corrected chi connectivity index (χ2v) is 5.12. The van der Waals surface area contributed by atoms with Crippen LogP contribution in [0, 0.1) is 0 Å². The molecule has 100 valence electrons. The molecule has 0 aliphatic carbocycles. The van der Waals surface area contributed by atoms with Crippen LogP contribution in [0.2, 0.25) is 0 Å². The zero-order chi connectivity index (χ0) is 13.3. The molecular weight excluding hydrogens is 244 g/mol. The van der Waals surface area contributed by atoms with Crippen LogP contribution in [-0.4, -0.2) is 35.5 Å². The minimum atomic E-state index is -0.911. The van der Waals surface area contributed by atoms with Crippen LogP contribution in [0.5, 0.6) is 0 Å². The summed E-state index contributed by atoms with van der Waals surface area (Å²) in [7, 11) is 0. The van der Waals surface area contributed by atoms with E-state index in [9.17, 15) is 4.79 Å². The lowest BCUT2D eigenvalue weighted by molar-refractivity contribution is -0.0400. The summed E-state index contributed by atoms with van der Waals surface area (Å²) in [5, 5.41) is 16.4. The van der Waals surface area contributed by atoms with Crippen LogP contribution in [0.15, 0.2) is 29.4 Å². The van der Waals surface area contributed by atoms with Gasteiger partial charge in [-0.1, -0.05) is 17.3 Å². The maximum absolute atomic E-state index is 10.8. The molecule has 0 bridgehead atoms. The summed E-state index contributed by atoms with van der Waals surface area (Å²) in [5.41, 5.74) is 2.01. The first-order chi connectivity index (χ1) is 9.19. The number of benzene rings is 1. The van der Waals surface area contributed by atoms with E-state index in [-0.39, 0.29) is 5.60 Å². The number of nitrogens with one attached hydrogen (secondary N) is 1. The lowest BCUT2D eigenvalue weighted by Gasteiger charge is -2.30. The Morgan fingerprint density at radius 3 is 2.58 bits per heavy atom. The largest absolute Gasteiger partial charge is 0.478 e. The normalized spacial score (nSPS) is 20.9. The molecule has 0 unspecified atom stereocenters. The fourth-order valence-electron chi connectivity index (χ4n) is 2.63. The summed E-state index contributed by atoms with van der Waals surface area (Å²) < 4.78 is 0. The predicted molar refractivity (Wildman–Crippen MR) is 70.5 cm³/mol. The van der Waals surface area contributed by atoms with Crippen LogP contribution in [0.3, 0.4) is 0 Å². The van der Waals surface area contributed by atoms with Gasteiger partial charge in [0.15, 0.2) is 0 Å². The SMILES string of the molecule is O=C(O)c1ccc(C2=NOC3(CCNCC3)C2)cc1. The quantitative estimate of drug-likeness (QED) is 0.848. The van der Waals surface area contributed by atoms with Crippen molar-refractivity contribution >= 4 is 11.7 Å². The maximum atomic E-state index is 10.8. The number of carboxylic acid groups (broad SMARTS) is 1. The van der Waals surface area contributed by atoms with Gasteiger partial charge >= 0.3 is 5.97 Å². The number of carbonyl (C=O) groups is 1. The van der Waals surface area contributed by atoms with Gasteiger partial charge in [0, 0.05) is 19.3 Å². The Bertz CT molecular complexity index is 516. The Morgan fingerprint density at radius 1 is 1.26 bits per heavy atom. The van der Waals surface area contributed by atoms with Crippen LogP contribution in [0.4, 0.5) is 0 Å². The Hall–Kier alpha value is -1.88. The molecule has 1 aromatic carbocycles. The summed E-state index contributed by atoms with van der Waals surface area (Å²) >= 11 is 0. The van der Waals surface area contributed by atoms with Crippen LogP contribution >= 0.6 is 0 Å². The molecule has 0 aromatic heterocycles. The van der Waals surface area contributed by atoms with Crippen molar-refractivity contribution in [1.29, 1.82) is 0 Å². The number of hydrogen-bond acceptors (Lipinski definition) is 4. The monoisotopic (exact) mass is 260 g/mol. The van der Waals surface area contributed by atoms with Crippen molar-refractivity contribution in [1.82, 2.24) is 5.32 Å². The van der Waals surface area contributed by atoms with E-state index in [2.05, 4.69) is 10.5 Å². The number of nitrogens with zero attached hydrogens (tertiary/aromatic N) is 1. The van der Waals surface area contributed by atoms with E-state index < -0.39 is 5.97 Å². The lowest BCUT2D eigenvalue weighted by atomic mass is 9.86. The van der Waals surface area contributed by atoms with Crippen molar-refractivity contribution in [3.05, 3.63) is 35.4 Å². The summed E-state index contributed by atoms with van der Waals surface area (Å²) in [6.45, 7) is 1.92. The number of hydrogen-bond donors (Lipinski definition) is 2. The number of aromatic carboxylic acids is 1. The van der Waals surface area contributed by atoms with E-state index in [1.165, 1.54) is 0 Å². The minimum absolute atomic E-state index is 0.147. The highest BCUT2D eigenvalue weighted by atomic mass is 16.7. The van der Waals surface area contributed by atoms with Crippen LogP contribution in [0.25, 0.3) is 0 Å². The third-order valence-electron chi connectivity index (χ3n) is 3.82. The zero-order valence-electron chi connectivity index (χ0n) is 10.6. The number of rotatable bonds is 2. The van der Waals surface area contributed by atoms with Crippen molar-refractivity contribution < 1.29 is 14.7 Å². The van der Waals surface area contributed by atoms with Gasteiger partial charge in [-0.15, -0.1) is 0 Å². The maximum Gasteiger partial charge on any atom is 0.335 e. The lowest BCUT2D eigenvalue weighted by Crippen LogP contribution is -2.42. The molecule has 0 saturated carbocycles. The summed E-state index contributed by atoms with van der Waals surface area (Å²) in [6.07, 6.45) is 2.74. The average molecular weight is 260 g/mol. The molecule has 1 fully saturated rings. The fourth-order valence-corrected chi connectivity index (χ4v) is 2.63. The van der Waals surface area contributed by atoms with Gasteiger partial charge in [0.1, 0.15) is 5.60 Å². The Balaban J connectivity index is 1.75. The summed E-state index contributed by atoms with van der Waals surface area (Å²) in [6, 6.07) is 6.80. The van der Waals surface area contributed by atoms with E-state index >= 15 is 0 Å². The molecule has 5 nitrogen and oxygen atoms in total. The Labute approximate surface area is 111 Å². The third kappa shape index (κ3) is 2.33. The molecule has 2 aliphatic heterocycles. The third-order valence-corrected chi connectivity index (χ3v) is 3.82. The van der Waals surface area contributed by atoms with Gasteiger partial charge in [-0.3, -0.25) is 0 Å². The van der Waals surface area contributed by atoms with Crippen LogP contribution in [0.1, 0.15) is 35.2 Å². The van der Waals surface area contributed by atoms with Gasteiger partial charge in [0.2, 0.25) is 0 Å². The highest BCUT2D eigenvalue weighted by Crippen LogP contribution is 2.34. The molecule has 0 amide bonds. The van der Waals surface area contributed by atoms with Crippen molar-refractivity contribution in [2.24, 2.45) is 5.16 Å². The molecular formula is C14H16N2O3. The van der Waals surface area contributed by atoms with Gasteiger partial charge < -0.3 is 15.3 Å². The van der Waals surface area contributed by atoms with Crippen LogP contribution in [-0.2, 0) is 4.84 Å². The highest BCUT2D eigenvalue weighted by molar-refractivity contribution is 6.02. The first-order valence-corrected chi connectivity index (χ1v) is 6.48. The molecule has 3 rings (SSSR count). The topological polar surface area (TPSA) is 70.9 Å². The first kappa shape index (κ1) is 12.2. The minimum Gasteiger partial charge on any atom is -0.478 e. The predicted octanol–water partition coefficient (Wildman–Crippen LogP) is 1.63. The van der Waals surface area contributed by atoms with Gasteiger partial charge in [-0.2, -0.15) is 0 Å². The molecule has 1 saturated heterocycles. The second kappa shape index (κ2) is 4.66. The van der Waals surface area contributed by atoms with Crippen molar-refractivity contribution in [2.75, 3.05) is 13.1 Å². The van der Waals surface area contributed by atoms with Crippen molar-refractivity contribution in [2.45, 2.75) is 24.9 Å². The molecule has 2 heterocycles. The molecule has 1 aromatic rings. The Morgan fingerprint density at radius 2 is 1.95 bits per heavy atom. The van der Waals surface area contributed by atoms with E-state index in [4.69, 9.17) is 9.94 Å². The zero-order valence-corrected chi connectivity index (χ0v) is 10.6. The number of oxime groups is 1. The van der Waals surface area contributed by atoms with Crippen molar-refractivity contribution in [3.63, 3.8) is 0 Å². The van der Waals surface area contributed by atoms with E-state index in [0.29, 0.717) is 5.56 Å². The molecule has 2 N–H and O–H groups in total. The summed E-state index contributed by atoms with van der Waals surface area (Å²) in [5.74, 6) is -0.911. The highest BCUT2D eigenvalue weighted by Gasteiger charge is 2.40. The Kier molecular flexibility index (Phi) is 2.98. The van der Waals surface area contributed by atoms with E-state index in [1.54, 1.807) is 24.3 Å². The van der Waals surface area contributed by atoms with E-state index in [0.717, 1.165) is 43.6 Å². The molecule has 19 heavy (non-hydrogen) atoms. The second-order valence-electron chi connectivity index (χ2n) is 5.12. The molecule has 0 atom stereocenters. The average Bonchev–Trinajstić information content (AvgIpc) is 2.83. The standard InChI is InChI=1S/C14H16N2O3/c17-13(18)11-3-1-10(2-4-11)12-9-14(19-16-12)5-7-15-8-6-14/h1-4,15H,5-9H2,(H,17,18). The molecule has 5 heteroatoms. The van der Waals surface area contributed by atoms with Crippen molar-refractivity contribution in [3.8, 4) is 0 Å². The summed E-state index contributed by atoms with van der Waals surface area (Å²) in [4.78, 5) is 16.5. The van der Waals surface area contributed by atoms with E-state index in [1.807, 2.05) is 0 Å². The molecule has 0 radical (unpaired) electrons. The fraction of sp³-hybridized carbons (Fsp3) is 0.429. The van der Waals surface area contributed by atoms with Gasteiger partial charge in [0.25, 0.3) is 0 Å². The molecule has 1 spiro atoms. The van der Waals surface area contributed by atoms with Gasteiger partial charge in [0.05, 0.1) is 11.3 Å². The van der Waals surface area contributed by atoms with Crippen LogP contribution < -0.4 is 5.32 Å². The number of piperidine rings is 1. The van der Waals surface area contributed by atoms with Gasteiger partial charge in [-0.05, 0) is 30.8 Å². The van der Waals surface area contributed by atoms with Gasteiger partial charge in [-0.25, -0.2) is 4.79 Å². The number of carboxylic acids is 1.